The van der Waals surface area contributed by atoms with Crippen LogP contribution in [0.1, 0.15) is 17.5 Å². The number of furan rings is 1. The zero-order valence-corrected chi connectivity index (χ0v) is 14.3. The van der Waals surface area contributed by atoms with Gasteiger partial charge < -0.3 is 15.1 Å². The molecule has 0 spiro atoms. The molecule has 0 saturated heterocycles. The van der Waals surface area contributed by atoms with Crippen LogP contribution in [-0.2, 0) is 4.79 Å². The molecular weight excluding hydrogens is 350 g/mol. The molecule has 0 aliphatic carbocycles. The van der Waals surface area contributed by atoms with Crippen molar-refractivity contribution in [3.05, 3.63) is 76.5 Å². The molecule has 2 N–H and O–H groups in total. The number of anilines is 2. The van der Waals surface area contributed by atoms with Crippen molar-refractivity contribution in [1.29, 1.82) is 0 Å². The van der Waals surface area contributed by atoms with E-state index in [4.69, 9.17) is 4.42 Å². The zero-order chi connectivity index (χ0) is 19.4. The van der Waals surface area contributed by atoms with Gasteiger partial charge in [-0.3, -0.25) is 19.7 Å². The number of nitro groups is 1. The second kappa shape index (κ2) is 7.52. The van der Waals surface area contributed by atoms with Gasteiger partial charge in [-0.15, -0.1) is 0 Å². The molecule has 8 heteroatoms. The van der Waals surface area contributed by atoms with Crippen LogP contribution in [0.2, 0.25) is 0 Å². The molecule has 0 fully saturated rings. The second-order valence-electron chi connectivity index (χ2n) is 5.65. The number of carbonyl (C=O) groups is 2. The highest BCUT2D eigenvalue weighted by Gasteiger charge is 2.19. The Bertz CT molecular complexity index is 1010. The maximum absolute atomic E-state index is 12.3. The normalized spacial score (nSPS) is 10.3. The first-order chi connectivity index (χ1) is 12.9. The van der Waals surface area contributed by atoms with Crippen molar-refractivity contribution < 1.29 is 18.9 Å². The van der Waals surface area contributed by atoms with Crippen molar-refractivity contribution >= 4 is 28.9 Å². The minimum absolute atomic E-state index is 0.0223. The van der Waals surface area contributed by atoms with Crippen LogP contribution in [0.4, 0.5) is 17.1 Å². The first-order valence-electron chi connectivity index (χ1n) is 7.96. The van der Waals surface area contributed by atoms with Gasteiger partial charge in [0.2, 0.25) is 5.91 Å². The van der Waals surface area contributed by atoms with Crippen molar-refractivity contribution in [3.63, 3.8) is 0 Å². The topological polar surface area (TPSA) is 114 Å². The summed E-state index contributed by atoms with van der Waals surface area (Å²) in [5.74, 6) is -0.431. The van der Waals surface area contributed by atoms with Crippen molar-refractivity contribution in [2.75, 3.05) is 10.6 Å². The van der Waals surface area contributed by atoms with Gasteiger partial charge in [-0.05, 0) is 42.5 Å². The molecule has 2 amide bonds. The van der Waals surface area contributed by atoms with Crippen LogP contribution < -0.4 is 10.6 Å². The number of para-hydroxylation sites is 1. The highest BCUT2D eigenvalue weighted by atomic mass is 16.6. The summed E-state index contributed by atoms with van der Waals surface area (Å²) in [5, 5.41) is 16.4. The third kappa shape index (κ3) is 4.18. The third-order valence-electron chi connectivity index (χ3n) is 3.66. The molecular formula is C19H15N3O5. The summed E-state index contributed by atoms with van der Waals surface area (Å²) in [7, 11) is 0. The predicted molar refractivity (Wildman–Crippen MR) is 99.5 cm³/mol. The Kier molecular flexibility index (Phi) is 4.98. The third-order valence-corrected chi connectivity index (χ3v) is 3.66. The van der Waals surface area contributed by atoms with Crippen LogP contribution in [0.15, 0.2) is 65.1 Å². The van der Waals surface area contributed by atoms with E-state index in [2.05, 4.69) is 10.6 Å². The van der Waals surface area contributed by atoms with E-state index in [-0.39, 0.29) is 23.1 Å². The first-order valence-corrected chi connectivity index (χ1v) is 7.96. The molecule has 8 nitrogen and oxygen atoms in total. The quantitative estimate of drug-likeness (QED) is 0.522. The molecule has 1 heterocycles. The smallest absolute Gasteiger partial charge is 0.291 e. The summed E-state index contributed by atoms with van der Waals surface area (Å²) in [4.78, 5) is 34.0. The fourth-order valence-electron chi connectivity index (χ4n) is 2.48. The fraction of sp³-hybridized carbons (Fsp3) is 0.0526. The summed E-state index contributed by atoms with van der Waals surface area (Å²) < 4.78 is 5.50. The lowest BCUT2D eigenvalue weighted by Gasteiger charge is -2.05. The number of benzene rings is 2. The first kappa shape index (κ1) is 17.9. The average Bonchev–Trinajstić information content (AvgIpc) is 3.13. The molecule has 3 rings (SSSR count). The molecule has 0 atom stereocenters. The second-order valence-corrected chi connectivity index (χ2v) is 5.65. The Balaban J connectivity index is 1.76. The molecule has 0 radical (unpaired) electrons. The number of hydrogen-bond donors (Lipinski definition) is 2. The highest BCUT2D eigenvalue weighted by Crippen LogP contribution is 2.31. The van der Waals surface area contributed by atoms with Gasteiger partial charge in [-0.2, -0.15) is 0 Å². The summed E-state index contributed by atoms with van der Waals surface area (Å²) in [5.41, 5.74) is 1.31. The summed E-state index contributed by atoms with van der Waals surface area (Å²) in [6, 6.07) is 15.7. The number of nitro benzene ring substituents is 1. The van der Waals surface area contributed by atoms with E-state index in [1.165, 1.54) is 25.1 Å². The summed E-state index contributed by atoms with van der Waals surface area (Å²) in [6.07, 6.45) is 0. The SMILES string of the molecule is CC(=O)Nc1ccc(NC(=O)c2ccc(-c3ccccc3[N+](=O)[O-])o2)cc1. The van der Waals surface area contributed by atoms with E-state index in [0.717, 1.165) is 0 Å². The molecule has 1 aromatic heterocycles. The monoisotopic (exact) mass is 365 g/mol. The van der Waals surface area contributed by atoms with Gasteiger partial charge in [0.25, 0.3) is 11.6 Å². The van der Waals surface area contributed by atoms with E-state index < -0.39 is 10.8 Å². The van der Waals surface area contributed by atoms with Crippen molar-refractivity contribution in [2.24, 2.45) is 0 Å². The van der Waals surface area contributed by atoms with E-state index in [9.17, 15) is 19.7 Å². The minimum Gasteiger partial charge on any atom is -0.451 e. The Morgan fingerprint density at radius 2 is 1.56 bits per heavy atom. The Hall–Kier alpha value is -3.94. The molecule has 0 saturated carbocycles. The van der Waals surface area contributed by atoms with Crippen molar-refractivity contribution in [1.82, 2.24) is 0 Å². The number of hydrogen-bond acceptors (Lipinski definition) is 5. The number of rotatable bonds is 5. The standard InChI is InChI=1S/C19H15N3O5/c1-12(23)20-13-6-8-14(9-7-13)21-19(24)18-11-10-17(27-18)15-4-2-3-5-16(15)22(25)26/h2-11H,1H3,(H,20,23)(H,21,24). The van der Waals surface area contributed by atoms with Gasteiger partial charge in [0.15, 0.2) is 5.76 Å². The van der Waals surface area contributed by atoms with E-state index >= 15 is 0 Å². The largest absolute Gasteiger partial charge is 0.451 e. The summed E-state index contributed by atoms with van der Waals surface area (Å²) in [6.45, 7) is 1.40. The maximum atomic E-state index is 12.3. The van der Waals surface area contributed by atoms with Crippen LogP contribution in [0, 0.1) is 10.1 Å². The molecule has 0 bridgehead atoms. The Morgan fingerprint density at radius 1 is 0.926 bits per heavy atom. The van der Waals surface area contributed by atoms with Crippen LogP contribution in [-0.4, -0.2) is 16.7 Å². The van der Waals surface area contributed by atoms with Crippen molar-refractivity contribution in [3.8, 4) is 11.3 Å². The summed E-state index contributed by atoms with van der Waals surface area (Å²) >= 11 is 0. The molecule has 136 valence electrons. The Labute approximate surface area is 154 Å². The fourth-order valence-corrected chi connectivity index (χ4v) is 2.48. The zero-order valence-electron chi connectivity index (χ0n) is 14.3. The van der Waals surface area contributed by atoms with Gasteiger partial charge in [0, 0.05) is 24.4 Å². The van der Waals surface area contributed by atoms with E-state index in [0.29, 0.717) is 16.9 Å². The van der Waals surface area contributed by atoms with Crippen molar-refractivity contribution in [2.45, 2.75) is 6.92 Å². The lowest BCUT2D eigenvalue weighted by Crippen LogP contribution is -2.11. The van der Waals surface area contributed by atoms with Gasteiger partial charge in [0.05, 0.1) is 10.5 Å². The average molecular weight is 365 g/mol. The molecule has 3 aromatic rings. The Morgan fingerprint density at radius 3 is 2.19 bits per heavy atom. The predicted octanol–water partition coefficient (Wildman–Crippen LogP) is 4.07. The number of nitrogens with zero attached hydrogens (tertiary/aromatic N) is 1. The number of carbonyl (C=O) groups excluding carboxylic acids is 2. The number of nitrogens with one attached hydrogen (secondary N) is 2. The highest BCUT2D eigenvalue weighted by molar-refractivity contribution is 6.02. The number of amides is 2. The molecule has 2 aromatic carbocycles. The van der Waals surface area contributed by atoms with Crippen LogP contribution in [0.5, 0.6) is 0 Å². The lowest BCUT2D eigenvalue weighted by atomic mass is 10.1. The van der Waals surface area contributed by atoms with E-state index in [1.54, 1.807) is 42.5 Å². The maximum Gasteiger partial charge on any atom is 0.291 e. The molecule has 0 aliphatic heterocycles. The molecule has 0 unspecified atom stereocenters. The van der Waals surface area contributed by atoms with Crippen LogP contribution >= 0.6 is 0 Å². The van der Waals surface area contributed by atoms with E-state index in [1.807, 2.05) is 0 Å². The van der Waals surface area contributed by atoms with Gasteiger partial charge >= 0.3 is 0 Å². The minimum atomic E-state index is -0.506. The van der Waals surface area contributed by atoms with Crippen LogP contribution in [0.25, 0.3) is 11.3 Å². The lowest BCUT2D eigenvalue weighted by molar-refractivity contribution is -0.384. The van der Waals surface area contributed by atoms with Gasteiger partial charge in [-0.25, -0.2) is 0 Å². The molecule has 0 aliphatic rings. The van der Waals surface area contributed by atoms with Crippen LogP contribution in [0.3, 0.4) is 0 Å². The molecule has 27 heavy (non-hydrogen) atoms. The van der Waals surface area contributed by atoms with Gasteiger partial charge in [0.1, 0.15) is 5.76 Å². The van der Waals surface area contributed by atoms with Gasteiger partial charge in [-0.1, -0.05) is 12.1 Å².